The Kier molecular flexibility index (Phi) is 4.34. The van der Waals surface area contributed by atoms with E-state index in [4.69, 9.17) is 0 Å². The minimum Gasteiger partial charge on any atom is -0.355 e. The van der Waals surface area contributed by atoms with E-state index >= 15 is 0 Å². The number of aromatic amines is 1. The van der Waals surface area contributed by atoms with Crippen molar-refractivity contribution >= 4 is 5.82 Å². The fourth-order valence-electron chi connectivity index (χ4n) is 5.15. The van der Waals surface area contributed by atoms with Crippen molar-refractivity contribution in [3.63, 3.8) is 0 Å². The quantitative estimate of drug-likeness (QED) is 0.873. The minimum absolute atomic E-state index is 0.0809. The van der Waals surface area contributed by atoms with E-state index in [1.54, 1.807) is 0 Å². The number of nitrogens with one attached hydrogen (secondary N) is 1. The summed E-state index contributed by atoms with van der Waals surface area (Å²) in [6.07, 6.45) is 1.74. The summed E-state index contributed by atoms with van der Waals surface area (Å²) in [4.78, 5) is 8.30. The molecule has 2 aliphatic heterocycles. The van der Waals surface area contributed by atoms with Crippen molar-refractivity contribution in [3.8, 4) is 0 Å². The summed E-state index contributed by atoms with van der Waals surface area (Å²) in [7, 11) is 0. The van der Waals surface area contributed by atoms with E-state index in [9.17, 15) is 13.2 Å². The van der Waals surface area contributed by atoms with Crippen LogP contribution in [-0.2, 0) is 25.6 Å². The molecule has 28 heavy (non-hydrogen) atoms. The monoisotopic (exact) mass is 391 g/mol. The molecule has 1 N–H and O–H groups in total. The molecule has 150 valence electrons. The van der Waals surface area contributed by atoms with E-state index in [0.29, 0.717) is 24.9 Å². The van der Waals surface area contributed by atoms with Crippen LogP contribution < -0.4 is 4.90 Å². The van der Waals surface area contributed by atoms with Crippen molar-refractivity contribution in [3.05, 3.63) is 40.8 Å². The molecular formula is C20H24F3N5. The zero-order valence-corrected chi connectivity index (χ0v) is 15.7. The van der Waals surface area contributed by atoms with Gasteiger partial charge in [-0.1, -0.05) is 0 Å². The predicted molar refractivity (Wildman–Crippen MR) is 98.9 cm³/mol. The number of fused-ring (bicyclic) bond motifs is 2. The summed E-state index contributed by atoms with van der Waals surface area (Å²) in [5.74, 6) is 0.855. The molecule has 5 rings (SSSR count). The molecule has 2 fully saturated rings. The maximum Gasteiger partial charge on any atom is 0.419 e. The average Bonchev–Trinajstić information content (AvgIpc) is 3.35. The van der Waals surface area contributed by atoms with Crippen molar-refractivity contribution < 1.29 is 13.2 Å². The largest absolute Gasteiger partial charge is 0.419 e. The Hall–Kier alpha value is -2.09. The second-order valence-corrected chi connectivity index (χ2v) is 8.33. The van der Waals surface area contributed by atoms with Crippen molar-refractivity contribution in [2.45, 2.75) is 38.4 Å². The van der Waals surface area contributed by atoms with Crippen molar-refractivity contribution in [1.82, 2.24) is 20.1 Å². The molecule has 2 aromatic rings. The lowest BCUT2D eigenvalue weighted by Crippen LogP contribution is -2.30. The highest BCUT2D eigenvalue weighted by atomic mass is 19.4. The molecule has 0 saturated carbocycles. The highest BCUT2D eigenvalue weighted by Gasteiger charge is 2.43. The number of nitrogens with zero attached hydrogens (tertiary/aromatic N) is 4. The number of halogens is 3. The summed E-state index contributed by atoms with van der Waals surface area (Å²) in [5, 5.41) is 7.74. The van der Waals surface area contributed by atoms with Gasteiger partial charge in [0.05, 0.1) is 11.3 Å². The molecule has 1 aliphatic carbocycles. The molecule has 8 heteroatoms. The number of hydrogen-bond donors (Lipinski definition) is 1. The van der Waals surface area contributed by atoms with Crippen molar-refractivity contribution in [2.75, 3.05) is 31.1 Å². The molecule has 5 nitrogen and oxygen atoms in total. The third-order valence-electron chi connectivity index (χ3n) is 6.47. The first-order valence-electron chi connectivity index (χ1n) is 10.0. The molecule has 0 radical (unpaired) electrons. The number of anilines is 1. The maximum absolute atomic E-state index is 13.3. The number of hydrogen-bond acceptors (Lipinski definition) is 4. The van der Waals surface area contributed by atoms with Crippen LogP contribution >= 0.6 is 0 Å². The topological polar surface area (TPSA) is 48.1 Å². The van der Waals surface area contributed by atoms with Gasteiger partial charge in [0.25, 0.3) is 0 Å². The number of H-pyrrole nitrogens is 1. The predicted octanol–water partition coefficient (Wildman–Crippen LogP) is 3.27. The van der Waals surface area contributed by atoms with Gasteiger partial charge in [0.1, 0.15) is 5.82 Å². The van der Waals surface area contributed by atoms with Crippen LogP contribution in [0.25, 0.3) is 0 Å². The van der Waals surface area contributed by atoms with Crippen LogP contribution in [0.2, 0.25) is 0 Å². The molecule has 2 atom stereocenters. The molecule has 3 aliphatic rings. The molecule has 4 heterocycles. The standard InChI is InChI=1S/C20H24F3N5/c21-20(22,23)16-5-3-7-24-19(16)28-10-13-8-27(9-14(13)11-28)12-18-15-4-1-2-6-17(15)25-26-18/h3,5,7,13-14H,1-2,4,6,8-12H2,(H,25,26). The lowest BCUT2D eigenvalue weighted by molar-refractivity contribution is -0.137. The Morgan fingerprint density at radius 3 is 2.57 bits per heavy atom. The summed E-state index contributed by atoms with van der Waals surface area (Å²) in [6.45, 7) is 3.95. The summed E-state index contributed by atoms with van der Waals surface area (Å²) in [6, 6.07) is 2.49. The first-order valence-corrected chi connectivity index (χ1v) is 10.0. The van der Waals surface area contributed by atoms with Crippen LogP contribution in [0.15, 0.2) is 18.3 Å². The molecule has 2 aromatic heterocycles. The highest BCUT2D eigenvalue weighted by molar-refractivity contribution is 5.49. The summed E-state index contributed by atoms with van der Waals surface area (Å²) >= 11 is 0. The van der Waals surface area contributed by atoms with Gasteiger partial charge in [0.15, 0.2) is 0 Å². The number of likely N-dealkylation sites (tertiary alicyclic amines) is 1. The fraction of sp³-hybridized carbons (Fsp3) is 0.600. The van der Waals surface area contributed by atoms with Crippen LogP contribution in [0.3, 0.4) is 0 Å². The van der Waals surface area contributed by atoms with Gasteiger partial charge in [-0.25, -0.2) is 4.98 Å². The van der Waals surface area contributed by atoms with Gasteiger partial charge in [-0.05, 0) is 55.2 Å². The van der Waals surface area contributed by atoms with E-state index < -0.39 is 11.7 Å². The average molecular weight is 391 g/mol. The number of aromatic nitrogens is 3. The highest BCUT2D eigenvalue weighted by Crippen LogP contribution is 2.40. The number of pyridine rings is 1. The van der Waals surface area contributed by atoms with Gasteiger partial charge in [0, 0.05) is 44.6 Å². The van der Waals surface area contributed by atoms with Gasteiger partial charge in [-0.2, -0.15) is 18.3 Å². The Bertz CT molecular complexity index is 848. The van der Waals surface area contributed by atoms with E-state index in [1.807, 2.05) is 4.90 Å². The zero-order valence-electron chi connectivity index (χ0n) is 15.7. The van der Waals surface area contributed by atoms with Crippen LogP contribution in [0.1, 0.15) is 35.4 Å². The molecule has 2 saturated heterocycles. The number of rotatable bonds is 3. The number of alkyl halides is 3. The summed E-state index contributed by atoms with van der Waals surface area (Å²) in [5.41, 5.74) is 3.22. The molecule has 0 amide bonds. The lowest BCUT2D eigenvalue weighted by atomic mass is 9.96. The van der Waals surface area contributed by atoms with E-state index in [0.717, 1.165) is 44.2 Å². The number of aryl methyl sites for hydroxylation is 1. The van der Waals surface area contributed by atoms with Gasteiger partial charge in [-0.15, -0.1) is 0 Å². The van der Waals surface area contributed by atoms with Gasteiger partial charge >= 0.3 is 6.18 Å². The molecular weight excluding hydrogens is 367 g/mol. The van der Waals surface area contributed by atoms with Gasteiger partial charge in [0.2, 0.25) is 0 Å². The maximum atomic E-state index is 13.3. The van der Waals surface area contributed by atoms with Gasteiger partial charge < -0.3 is 4.90 Å². The Balaban J connectivity index is 1.26. The van der Waals surface area contributed by atoms with Gasteiger partial charge in [-0.3, -0.25) is 10.00 Å². The van der Waals surface area contributed by atoms with E-state index in [-0.39, 0.29) is 5.82 Å². The van der Waals surface area contributed by atoms with Crippen LogP contribution in [0.4, 0.5) is 19.0 Å². The molecule has 0 bridgehead atoms. The Morgan fingerprint density at radius 1 is 1.07 bits per heavy atom. The molecule has 0 aromatic carbocycles. The normalized spacial score (nSPS) is 25.2. The smallest absolute Gasteiger partial charge is 0.355 e. The third kappa shape index (κ3) is 3.17. The Morgan fingerprint density at radius 2 is 1.82 bits per heavy atom. The van der Waals surface area contributed by atoms with Crippen LogP contribution in [-0.4, -0.2) is 46.3 Å². The summed E-state index contributed by atoms with van der Waals surface area (Å²) < 4.78 is 40.0. The van der Waals surface area contributed by atoms with Crippen LogP contribution in [0, 0.1) is 11.8 Å². The van der Waals surface area contributed by atoms with Crippen molar-refractivity contribution in [2.24, 2.45) is 11.8 Å². The SMILES string of the molecule is FC(F)(F)c1cccnc1N1CC2CN(Cc3n[nH]c4c3CCCC4)CC2C1. The molecule has 2 unspecified atom stereocenters. The minimum atomic E-state index is -4.37. The van der Waals surface area contributed by atoms with E-state index in [2.05, 4.69) is 20.1 Å². The van der Waals surface area contributed by atoms with E-state index in [1.165, 1.54) is 36.4 Å². The first kappa shape index (κ1) is 18.0. The fourth-order valence-corrected chi connectivity index (χ4v) is 5.15. The second-order valence-electron chi connectivity index (χ2n) is 8.33. The third-order valence-corrected chi connectivity index (χ3v) is 6.47. The van der Waals surface area contributed by atoms with Crippen LogP contribution in [0.5, 0.6) is 0 Å². The Labute approximate surface area is 161 Å². The second kappa shape index (κ2) is 6.76. The lowest BCUT2D eigenvalue weighted by Gasteiger charge is -2.24. The van der Waals surface area contributed by atoms with Crippen molar-refractivity contribution in [1.29, 1.82) is 0 Å². The first-order chi connectivity index (χ1) is 13.5. The molecule has 0 spiro atoms. The zero-order chi connectivity index (χ0) is 19.3.